The molecule has 0 saturated heterocycles. The van der Waals surface area contributed by atoms with Crippen LogP contribution in [-0.2, 0) is 19.1 Å². The van der Waals surface area contributed by atoms with Crippen LogP contribution in [0.2, 0.25) is 0 Å². The van der Waals surface area contributed by atoms with Gasteiger partial charge in [-0.25, -0.2) is 0 Å². The van der Waals surface area contributed by atoms with Gasteiger partial charge in [0.05, 0.1) is 12.8 Å². The molecule has 2 aromatic carbocycles. The van der Waals surface area contributed by atoms with Gasteiger partial charge in [0.25, 0.3) is 11.8 Å². The maximum atomic E-state index is 12.3. The van der Waals surface area contributed by atoms with Crippen molar-refractivity contribution < 1.29 is 28.6 Å². The maximum Gasteiger partial charge on any atom is 0.326 e. The Morgan fingerprint density at radius 2 is 1.89 bits per heavy atom. The van der Waals surface area contributed by atoms with Crippen molar-refractivity contribution in [3.05, 3.63) is 48.5 Å². The third kappa shape index (κ3) is 4.40. The number of para-hydroxylation sites is 2. The van der Waals surface area contributed by atoms with Crippen molar-refractivity contribution in [3.63, 3.8) is 0 Å². The Morgan fingerprint density at radius 3 is 2.61 bits per heavy atom. The first-order valence-corrected chi connectivity index (χ1v) is 8.64. The third-order valence-corrected chi connectivity index (χ3v) is 4.13. The first kappa shape index (κ1) is 19.2. The summed E-state index contributed by atoms with van der Waals surface area (Å²) in [4.78, 5) is 37.9. The summed E-state index contributed by atoms with van der Waals surface area (Å²) in [7, 11) is 1.55. The second-order valence-electron chi connectivity index (χ2n) is 6.09. The number of hydrogen-bond donors (Lipinski definition) is 1. The van der Waals surface area contributed by atoms with E-state index in [0.29, 0.717) is 22.9 Å². The van der Waals surface area contributed by atoms with Crippen LogP contribution in [-0.4, -0.2) is 44.1 Å². The van der Waals surface area contributed by atoms with Crippen molar-refractivity contribution in [2.45, 2.75) is 13.0 Å². The minimum atomic E-state index is -1.03. The number of methoxy groups -OCH3 is 1. The van der Waals surface area contributed by atoms with Crippen molar-refractivity contribution in [2.24, 2.45) is 0 Å². The predicted octanol–water partition coefficient (Wildman–Crippen LogP) is 1.99. The molecule has 1 aliphatic heterocycles. The summed E-state index contributed by atoms with van der Waals surface area (Å²) >= 11 is 0. The molecule has 0 aliphatic carbocycles. The standard InChI is InChI=1S/C20H20N2O6/c1-13(20(25)21-14-7-9-15(26-2)10-8-14)28-19(24)11-22-16-5-3-4-6-17(16)27-12-18(22)23/h3-10,13H,11-12H2,1-2H3,(H,21,25). The smallest absolute Gasteiger partial charge is 0.326 e. The minimum Gasteiger partial charge on any atom is -0.497 e. The molecule has 8 nitrogen and oxygen atoms in total. The number of anilines is 2. The molecule has 0 fully saturated rings. The fourth-order valence-electron chi connectivity index (χ4n) is 2.66. The van der Waals surface area contributed by atoms with Gasteiger partial charge in [0.15, 0.2) is 12.7 Å². The zero-order chi connectivity index (χ0) is 20.1. The lowest BCUT2D eigenvalue weighted by atomic mass is 10.2. The zero-order valence-electron chi connectivity index (χ0n) is 15.5. The van der Waals surface area contributed by atoms with Crippen LogP contribution in [0, 0.1) is 0 Å². The number of fused-ring (bicyclic) bond motifs is 1. The number of amides is 2. The van der Waals surface area contributed by atoms with Crippen LogP contribution >= 0.6 is 0 Å². The Kier molecular flexibility index (Phi) is 5.78. The Labute approximate surface area is 162 Å². The number of nitrogens with one attached hydrogen (secondary N) is 1. The van der Waals surface area contributed by atoms with Gasteiger partial charge in [0.2, 0.25) is 0 Å². The molecule has 1 atom stereocenters. The van der Waals surface area contributed by atoms with E-state index in [1.165, 1.54) is 11.8 Å². The van der Waals surface area contributed by atoms with Crippen LogP contribution in [0.25, 0.3) is 0 Å². The van der Waals surface area contributed by atoms with E-state index < -0.39 is 18.0 Å². The largest absolute Gasteiger partial charge is 0.497 e. The first-order valence-electron chi connectivity index (χ1n) is 8.64. The van der Waals surface area contributed by atoms with E-state index >= 15 is 0 Å². The lowest BCUT2D eigenvalue weighted by Gasteiger charge is -2.28. The summed E-state index contributed by atoms with van der Waals surface area (Å²) < 4.78 is 15.6. The molecule has 0 bridgehead atoms. The molecule has 1 N–H and O–H groups in total. The summed E-state index contributed by atoms with van der Waals surface area (Å²) in [6.07, 6.45) is -1.03. The van der Waals surface area contributed by atoms with Crippen molar-refractivity contribution in [1.29, 1.82) is 0 Å². The summed E-state index contributed by atoms with van der Waals surface area (Å²) in [5.74, 6) is -0.353. The average Bonchev–Trinajstić information content (AvgIpc) is 2.70. The monoisotopic (exact) mass is 384 g/mol. The van der Waals surface area contributed by atoms with Gasteiger partial charge in [-0.05, 0) is 43.3 Å². The Balaban J connectivity index is 1.58. The van der Waals surface area contributed by atoms with Crippen molar-refractivity contribution in [1.82, 2.24) is 0 Å². The predicted molar refractivity (Wildman–Crippen MR) is 101 cm³/mol. The number of nitrogens with zero attached hydrogens (tertiary/aromatic N) is 1. The van der Waals surface area contributed by atoms with Gasteiger partial charge in [0, 0.05) is 5.69 Å². The van der Waals surface area contributed by atoms with Gasteiger partial charge in [0.1, 0.15) is 18.0 Å². The highest BCUT2D eigenvalue weighted by Crippen LogP contribution is 2.31. The normalized spacial score (nSPS) is 13.8. The van der Waals surface area contributed by atoms with Gasteiger partial charge in [-0.1, -0.05) is 12.1 Å². The minimum absolute atomic E-state index is 0.155. The number of carbonyl (C=O) groups is 3. The van der Waals surface area contributed by atoms with Crippen LogP contribution in [0.1, 0.15) is 6.92 Å². The fraction of sp³-hybridized carbons (Fsp3) is 0.250. The molecule has 2 amide bonds. The van der Waals surface area contributed by atoms with E-state index in [-0.39, 0.29) is 19.1 Å². The maximum absolute atomic E-state index is 12.3. The number of ether oxygens (including phenoxy) is 3. The molecule has 0 aromatic heterocycles. The second-order valence-corrected chi connectivity index (χ2v) is 6.09. The number of benzene rings is 2. The molecule has 0 radical (unpaired) electrons. The van der Waals surface area contributed by atoms with Crippen LogP contribution < -0.4 is 19.7 Å². The molecule has 1 unspecified atom stereocenters. The number of rotatable bonds is 6. The number of carbonyl (C=O) groups excluding carboxylic acids is 3. The van der Waals surface area contributed by atoms with E-state index in [2.05, 4.69) is 5.32 Å². The van der Waals surface area contributed by atoms with Crippen LogP contribution in [0.5, 0.6) is 11.5 Å². The van der Waals surface area contributed by atoms with E-state index in [0.717, 1.165) is 0 Å². The van der Waals surface area contributed by atoms with Crippen LogP contribution in [0.15, 0.2) is 48.5 Å². The Bertz CT molecular complexity index is 881. The second kappa shape index (κ2) is 8.43. The molecular formula is C20H20N2O6. The molecule has 28 heavy (non-hydrogen) atoms. The first-order chi connectivity index (χ1) is 13.5. The van der Waals surface area contributed by atoms with E-state index in [4.69, 9.17) is 14.2 Å². The zero-order valence-corrected chi connectivity index (χ0v) is 15.5. The summed E-state index contributed by atoms with van der Waals surface area (Å²) in [6.45, 7) is 1.00. The van der Waals surface area contributed by atoms with Crippen molar-refractivity contribution >= 4 is 29.2 Å². The van der Waals surface area contributed by atoms with Gasteiger partial charge in [-0.2, -0.15) is 0 Å². The highest BCUT2D eigenvalue weighted by atomic mass is 16.5. The Morgan fingerprint density at radius 1 is 1.18 bits per heavy atom. The number of esters is 1. The molecule has 1 heterocycles. The lowest BCUT2D eigenvalue weighted by molar-refractivity contribution is -0.152. The van der Waals surface area contributed by atoms with Crippen LogP contribution in [0.3, 0.4) is 0 Å². The average molecular weight is 384 g/mol. The summed E-state index contributed by atoms with van der Waals surface area (Å²) in [5, 5.41) is 2.65. The molecule has 3 rings (SSSR count). The van der Waals surface area contributed by atoms with E-state index in [1.807, 2.05) is 0 Å². The van der Waals surface area contributed by atoms with Crippen molar-refractivity contribution in [2.75, 3.05) is 30.5 Å². The highest BCUT2D eigenvalue weighted by molar-refractivity contribution is 6.02. The van der Waals surface area contributed by atoms with Gasteiger partial charge in [-0.15, -0.1) is 0 Å². The SMILES string of the molecule is COc1ccc(NC(=O)C(C)OC(=O)CN2C(=O)COc3ccccc32)cc1. The molecule has 146 valence electrons. The van der Waals surface area contributed by atoms with Crippen molar-refractivity contribution in [3.8, 4) is 11.5 Å². The topological polar surface area (TPSA) is 94.2 Å². The molecule has 2 aromatic rings. The van der Waals surface area contributed by atoms with Gasteiger partial charge >= 0.3 is 5.97 Å². The summed E-state index contributed by atoms with van der Waals surface area (Å²) in [6, 6.07) is 13.7. The van der Waals surface area contributed by atoms with Gasteiger partial charge < -0.3 is 19.5 Å². The summed E-state index contributed by atoms with van der Waals surface area (Å²) in [5.41, 5.74) is 1.04. The van der Waals surface area contributed by atoms with Gasteiger partial charge in [-0.3, -0.25) is 19.3 Å². The van der Waals surface area contributed by atoms with Crippen LogP contribution in [0.4, 0.5) is 11.4 Å². The van der Waals surface area contributed by atoms with E-state index in [9.17, 15) is 14.4 Å². The fourth-order valence-corrected chi connectivity index (χ4v) is 2.66. The quantitative estimate of drug-likeness (QED) is 0.766. The molecule has 1 aliphatic rings. The number of hydrogen-bond acceptors (Lipinski definition) is 6. The molecule has 0 saturated carbocycles. The molecular weight excluding hydrogens is 364 g/mol. The molecule has 0 spiro atoms. The lowest BCUT2D eigenvalue weighted by Crippen LogP contribution is -2.43. The van der Waals surface area contributed by atoms with E-state index in [1.54, 1.807) is 55.6 Å². The molecule has 8 heteroatoms. The highest BCUT2D eigenvalue weighted by Gasteiger charge is 2.28. The Hall–Kier alpha value is -3.55. The third-order valence-electron chi connectivity index (χ3n) is 4.13.